The van der Waals surface area contributed by atoms with Crippen LogP contribution in [0.2, 0.25) is 0 Å². The van der Waals surface area contributed by atoms with Gasteiger partial charge in [0.2, 0.25) is 11.8 Å². The van der Waals surface area contributed by atoms with E-state index in [4.69, 9.17) is 0 Å². The lowest BCUT2D eigenvalue weighted by molar-refractivity contribution is -0.126. The first-order valence-electron chi connectivity index (χ1n) is 17.0. The summed E-state index contributed by atoms with van der Waals surface area (Å²) in [6, 6.07) is 61.5. The summed E-state index contributed by atoms with van der Waals surface area (Å²) < 4.78 is -1.18. The van der Waals surface area contributed by atoms with E-state index in [0.29, 0.717) is 11.5 Å². The van der Waals surface area contributed by atoms with E-state index >= 15 is 0 Å². The molecule has 0 saturated heterocycles. The predicted octanol–water partition coefficient (Wildman–Crippen LogP) is 8.87. The highest BCUT2D eigenvalue weighted by Crippen LogP contribution is 2.50. The molecule has 0 aliphatic rings. The molecule has 0 aliphatic carbocycles. The molecule has 2 N–H and O–H groups in total. The average molecular weight is 706 g/mol. The molecule has 255 valence electrons. The van der Waals surface area contributed by atoms with Crippen LogP contribution in [-0.4, -0.2) is 36.4 Å². The monoisotopic (exact) mass is 705 g/mol. The Labute approximate surface area is 310 Å². The fraction of sp³-hybridized carbons (Fsp3) is 0.133. The highest BCUT2D eigenvalue weighted by Gasteiger charge is 2.39. The molecule has 0 unspecified atom stereocenters. The predicted molar refractivity (Wildman–Crippen MR) is 214 cm³/mol. The van der Waals surface area contributed by atoms with Gasteiger partial charge in [0, 0.05) is 18.6 Å². The molecule has 1 atom stereocenters. The topological polar surface area (TPSA) is 58.2 Å². The molecule has 0 fully saturated rings. The summed E-state index contributed by atoms with van der Waals surface area (Å²) in [7, 11) is 1.61. The van der Waals surface area contributed by atoms with Crippen molar-refractivity contribution in [1.29, 1.82) is 0 Å². The van der Waals surface area contributed by atoms with Gasteiger partial charge in [-0.1, -0.05) is 182 Å². The van der Waals surface area contributed by atoms with E-state index in [1.807, 2.05) is 72.8 Å². The van der Waals surface area contributed by atoms with Crippen LogP contribution in [0.5, 0.6) is 0 Å². The SMILES string of the molecule is CNC(=O)[C@@H](CSC(c1ccccc1)(c1ccccc1)c1ccccc1)NC(=O)[CH]CSC(c1ccccc1)(c1ccccc1)c1ccccc1. The summed E-state index contributed by atoms with van der Waals surface area (Å²) in [6.45, 7) is 0. The Morgan fingerprint density at radius 1 is 0.510 bits per heavy atom. The molecule has 6 aromatic rings. The minimum Gasteiger partial charge on any atom is -0.357 e. The highest BCUT2D eigenvalue weighted by molar-refractivity contribution is 8.01. The van der Waals surface area contributed by atoms with Crippen LogP contribution in [0.3, 0.4) is 0 Å². The van der Waals surface area contributed by atoms with Crippen molar-refractivity contribution < 1.29 is 9.59 Å². The number of carbonyl (C=O) groups excluding carboxylic acids is 2. The van der Waals surface area contributed by atoms with Crippen molar-refractivity contribution >= 4 is 35.3 Å². The summed E-state index contributed by atoms with van der Waals surface area (Å²) in [6.07, 6.45) is 1.66. The number of nitrogens with one attached hydrogen (secondary N) is 2. The highest BCUT2D eigenvalue weighted by atomic mass is 32.2. The molecule has 0 bridgehead atoms. The Morgan fingerprint density at radius 2 is 0.804 bits per heavy atom. The number of thioether (sulfide) groups is 2. The van der Waals surface area contributed by atoms with Crippen LogP contribution < -0.4 is 10.6 Å². The molecule has 1 radical (unpaired) electrons. The van der Waals surface area contributed by atoms with Crippen LogP contribution >= 0.6 is 23.5 Å². The minimum absolute atomic E-state index is 0.243. The Hall–Kier alpha value is -5.04. The molecular weight excluding hydrogens is 665 g/mol. The molecule has 0 aliphatic heterocycles. The number of hydrogen-bond acceptors (Lipinski definition) is 4. The van der Waals surface area contributed by atoms with E-state index in [2.05, 4.69) is 120 Å². The van der Waals surface area contributed by atoms with Crippen molar-refractivity contribution in [2.75, 3.05) is 18.6 Å². The Bertz CT molecular complexity index is 1770. The lowest BCUT2D eigenvalue weighted by Crippen LogP contribution is -2.48. The fourth-order valence-electron chi connectivity index (χ4n) is 6.58. The van der Waals surface area contributed by atoms with Gasteiger partial charge in [-0.2, -0.15) is 0 Å². The zero-order chi connectivity index (χ0) is 35.4. The maximum absolute atomic E-state index is 13.7. The van der Waals surface area contributed by atoms with Gasteiger partial charge in [-0.3, -0.25) is 9.59 Å². The van der Waals surface area contributed by atoms with Crippen LogP contribution in [0, 0.1) is 6.42 Å². The van der Waals surface area contributed by atoms with E-state index in [-0.39, 0.29) is 11.8 Å². The van der Waals surface area contributed by atoms with E-state index < -0.39 is 15.5 Å². The van der Waals surface area contributed by atoms with Crippen LogP contribution in [0.4, 0.5) is 0 Å². The maximum Gasteiger partial charge on any atom is 0.243 e. The van der Waals surface area contributed by atoms with E-state index in [9.17, 15) is 9.59 Å². The van der Waals surface area contributed by atoms with Gasteiger partial charge in [-0.05, 0) is 33.4 Å². The third-order valence-electron chi connectivity index (χ3n) is 9.00. The van der Waals surface area contributed by atoms with Gasteiger partial charge in [-0.15, -0.1) is 23.5 Å². The van der Waals surface area contributed by atoms with Crippen molar-refractivity contribution in [1.82, 2.24) is 10.6 Å². The number of rotatable bonds is 15. The normalized spacial score (nSPS) is 12.1. The molecule has 0 heterocycles. The quantitative estimate of drug-likeness (QED) is 0.105. The molecule has 6 rings (SSSR count). The summed E-state index contributed by atoms with van der Waals surface area (Å²) in [4.78, 5) is 27.1. The van der Waals surface area contributed by atoms with Crippen LogP contribution in [0.15, 0.2) is 182 Å². The Morgan fingerprint density at radius 3 is 1.10 bits per heavy atom. The first kappa shape index (κ1) is 35.8. The zero-order valence-electron chi connectivity index (χ0n) is 28.5. The van der Waals surface area contributed by atoms with Crippen molar-refractivity contribution in [3.05, 3.63) is 222 Å². The lowest BCUT2D eigenvalue weighted by atomic mass is 9.84. The molecule has 51 heavy (non-hydrogen) atoms. The second-order valence-electron chi connectivity index (χ2n) is 12.1. The third-order valence-corrected chi connectivity index (χ3v) is 12.1. The largest absolute Gasteiger partial charge is 0.357 e. The molecular formula is C45H41N2O2S2. The smallest absolute Gasteiger partial charge is 0.243 e. The Balaban J connectivity index is 1.26. The lowest BCUT2D eigenvalue weighted by Gasteiger charge is -2.36. The Kier molecular flexibility index (Phi) is 12.1. The second kappa shape index (κ2) is 17.3. The summed E-state index contributed by atoms with van der Waals surface area (Å²) >= 11 is 3.33. The molecule has 6 aromatic carbocycles. The third kappa shape index (κ3) is 7.98. The molecule has 0 saturated carbocycles. The van der Waals surface area contributed by atoms with Crippen LogP contribution in [-0.2, 0) is 19.1 Å². The van der Waals surface area contributed by atoms with Gasteiger partial charge in [-0.25, -0.2) is 0 Å². The maximum atomic E-state index is 13.7. The molecule has 6 heteroatoms. The summed E-state index contributed by atoms with van der Waals surface area (Å²) in [5, 5.41) is 5.84. The minimum atomic E-state index is -0.772. The second-order valence-corrected chi connectivity index (χ2v) is 14.5. The van der Waals surface area contributed by atoms with Crippen LogP contribution in [0.25, 0.3) is 0 Å². The first-order chi connectivity index (χ1) is 25.1. The number of amides is 2. The van der Waals surface area contributed by atoms with Gasteiger partial charge in [0.25, 0.3) is 0 Å². The molecule has 0 spiro atoms. The molecule has 0 aromatic heterocycles. The van der Waals surface area contributed by atoms with Crippen molar-refractivity contribution in [2.45, 2.75) is 15.5 Å². The van der Waals surface area contributed by atoms with E-state index in [0.717, 1.165) is 33.4 Å². The number of likely N-dealkylation sites (N-methyl/N-ethyl adjacent to an activating group) is 1. The first-order valence-corrected chi connectivity index (χ1v) is 19.0. The molecule has 2 amide bonds. The van der Waals surface area contributed by atoms with Gasteiger partial charge >= 0.3 is 0 Å². The summed E-state index contributed by atoms with van der Waals surface area (Å²) in [5.74, 6) is 0.226. The van der Waals surface area contributed by atoms with Crippen molar-refractivity contribution in [2.24, 2.45) is 0 Å². The van der Waals surface area contributed by atoms with Crippen molar-refractivity contribution in [3.63, 3.8) is 0 Å². The van der Waals surface area contributed by atoms with Gasteiger partial charge < -0.3 is 10.6 Å². The van der Waals surface area contributed by atoms with E-state index in [1.165, 1.54) is 0 Å². The summed E-state index contributed by atoms with van der Waals surface area (Å²) in [5.41, 5.74) is 6.66. The molecule has 4 nitrogen and oxygen atoms in total. The number of hydrogen-bond donors (Lipinski definition) is 2. The number of carbonyl (C=O) groups is 2. The zero-order valence-corrected chi connectivity index (χ0v) is 30.2. The number of benzene rings is 6. The van der Waals surface area contributed by atoms with Crippen LogP contribution in [0.1, 0.15) is 33.4 Å². The van der Waals surface area contributed by atoms with Gasteiger partial charge in [0.05, 0.1) is 15.9 Å². The van der Waals surface area contributed by atoms with Crippen molar-refractivity contribution in [3.8, 4) is 0 Å². The van der Waals surface area contributed by atoms with Gasteiger partial charge in [0.1, 0.15) is 6.04 Å². The fourth-order valence-corrected chi connectivity index (χ4v) is 9.53. The standard InChI is InChI=1S/C45H41N2O2S2/c1-46-43(49)41(34-51-45(38-26-14-5-15-27-38,39-28-16-6-17-29-39)40-30-18-7-19-31-40)47-42(48)32-33-50-44(35-20-8-2-9-21-35,36-22-10-3-11-23-36)37-24-12-4-13-25-37/h2-32,41H,33-34H2,1H3,(H,46,49)(H,47,48)/t41-/m1/s1. The van der Waals surface area contributed by atoms with E-state index in [1.54, 1.807) is 37.0 Å². The average Bonchev–Trinajstić information content (AvgIpc) is 3.21. The van der Waals surface area contributed by atoms with Gasteiger partial charge in [0.15, 0.2) is 0 Å².